The lowest BCUT2D eigenvalue weighted by Gasteiger charge is -2.10. The van der Waals surface area contributed by atoms with Gasteiger partial charge >= 0.3 is 0 Å². The van der Waals surface area contributed by atoms with Gasteiger partial charge in [0.25, 0.3) is 0 Å². The highest BCUT2D eigenvalue weighted by atomic mass is 16.5. The molecular formula is C12H19N5O. The van der Waals surface area contributed by atoms with Crippen molar-refractivity contribution in [3.05, 3.63) is 18.3 Å². The zero-order chi connectivity index (χ0) is 13.1. The minimum atomic E-state index is 0.0622. The Balaban J connectivity index is 2.02. The Kier molecular flexibility index (Phi) is 3.76. The van der Waals surface area contributed by atoms with E-state index in [1.54, 1.807) is 10.9 Å². The van der Waals surface area contributed by atoms with Crippen molar-refractivity contribution in [2.24, 2.45) is 18.7 Å². The van der Waals surface area contributed by atoms with Gasteiger partial charge in [0.15, 0.2) is 0 Å². The van der Waals surface area contributed by atoms with E-state index in [1.165, 1.54) is 0 Å². The van der Waals surface area contributed by atoms with Gasteiger partial charge in [-0.3, -0.25) is 4.68 Å². The maximum Gasteiger partial charge on any atom is 0.228 e. The van der Waals surface area contributed by atoms with Gasteiger partial charge in [-0.15, -0.1) is 0 Å². The molecule has 0 amide bonds. The molecule has 18 heavy (non-hydrogen) atoms. The summed E-state index contributed by atoms with van der Waals surface area (Å²) >= 11 is 0. The van der Waals surface area contributed by atoms with E-state index < -0.39 is 0 Å². The van der Waals surface area contributed by atoms with Gasteiger partial charge in [-0.1, -0.05) is 19.0 Å². The summed E-state index contributed by atoms with van der Waals surface area (Å²) in [6, 6.07) is 0.0622. The van der Waals surface area contributed by atoms with Gasteiger partial charge in [0.05, 0.1) is 11.8 Å². The van der Waals surface area contributed by atoms with Crippen LogP contribution in [0.25, 0.3) is 11.4 Å². The van der Waals surface area contributed by atoms with Crippen LogP contribution < -0.4 is 5.73 Å². The topological polar surface area (TPSA) is 82.8 Å². The lowest BCUT2D eigenvalue weighted by molar-refractivity contribution is 0.359. The van der Waals surface area contributed by atoms with E-state index in [1.807, 2.05) is 13.2 Å². The fraction of sp³-hybridized carbons (Fsp3) is 0.583. The quantitative estimate of drug-likeness (QED) is 0.865. The third-order valence-corrected chi connectivity index (χ3v) is 2.64. The summed E-state index contributed by atoms with van der Waals surface area (Å²) < 4.78 is 6.91. The first-order valence-electron chi connectivity index (χ1n) is 6.11. The molecule has 6 nitrogen and oxygen atoms in total. The molecule has 0 bridgehead atoms. The molecular weight excluding hydrogens is 230 g/mol. The second-order valence-corrected chi connectivity index (χ2v) is 5.01. The van der Waals surface area contributed by atoms with Gasteiger partial charge in [-0.05, 0) is 12.3 Å². The average molecular weight is 249 g/mol. The van der Waals surface area contributed by atoms with Gasteiger partial charge in [0.2, 0.25) is 11.7 Å². The molecule has 1 unspecified atom stereocenters. The smallest absolute Gasteiger partial charge is 0.228 e. The molecule has 0 aliphatic heterocycles. The lowest BCUT2D eigenvalue weighted by atomic mass is 10.0. The van der Waals surface area contributed by atoms with E-state index in [9.17, 15) is 0 Å². The number of aromatic nitrogens is 4. The van der Waals surface area contributed by atoms with Gasteiger partial charge in [0, 0.05) is 25.7 Å². The first-order chi connectivity index (χ1) is 8.54. The Morgan fingerprint density at radius 1 is 1.44 bits per heavy atom. The van der Waals surface area contributed by atoms with Crippen LogP contribution in [-0.4, -0.2) is 26.0 Å². The molecule has 0 aliphatic rings. The van der Waals surface area contributed by atoms with Crippen molar-refractivity contribution in [3.63, 3.8) is 0 Å². The van der Waals surface area contributed by atoms with E-state index in [4.69, 9.17) is 10.3 Å². The first kappa shape index (κ1) is 12.8. The Morgan fingerprint density at radius 3 is 2.83 bits per heavy atom. The number of nitrogens with zero attached hydrogens (tertiary/aromatic N) is 4. The second kappa shape index (κ2) is 5.30. The van der Waals surface area contributed by atoms with Crippen molar-refractivity contribution in [1.29, 1.82) is 0 Å². The van der Waals surface area contributed by atoms with Gasteiger partial charge in [-0.2, -0.15) is 10.1 Å². The fourth-order valence-electron chi connectivity index (χ4n) is 1.90. The number of hydrogen-bond donors (Lipinski definition) is 1. The molecule has 0 aliphatic carbocycles. The molecule has 98 valence electrons. The molecule has 2 aromatic heterocycles. The molecule has 0 radical (unpaired) electrons. The Labute approximate surface area is 106 Å². The maximum absolute atomic E-state index is 6.01. The molecule has 0 fully saturated rings. The van der Waals surface area contributed by atoms with Crippen molar-refractivity contribution in [3.8, 4) is 11.4 Å². The second-order valence-electron chi connectivity index (χ2n) is 5.01. The fourth-order valence-corrected chi connectivity index (χ4v) is 1.90. The van der Waals surface area contributed by atoms with Crippen LogP contribution in [0.2, 0.25) is 0 Å². The molecule has 2 heterocycles. The van der Waals surface area contributed by atoms with E-state index in [0.717, 1.165) is 12.0 Å². The first-order valence-corrected chi connectivity index (χ1v) is 6.11. The lowest BCUT2D eigenvalue weighted by Crippen LogP contribution is -2.24. The zero-order valence-electron chi connectivity index (χ0n) is 11.0. The summed E-state index contributed by atoms with van der Waals surface area (Å²) in [7, 11) is 1.85. The summed E-state index contributed by atoms with van der Waals surface area (Å²) in [5.74, 6) is 1.72. The van der Waals surface area contributed by atoms with Crippen LogP contribution in [0.4, 0.5) is 0 Å². The Bertz CT molecular complexity index is 502. The van der Waals surface area contributed by atoms with Crippen LogP contribution >= 0.6 is 0 Å². The van der Waals surface area contributed by atoms with Crippen molar-refractivity contribution in [1.82, 2.24) is 19.9 Å². The number of rotatable bonds is 5. The number of nitrogens with two attached hydrogens (primary N) is 1. The van der Waals surface area contributed by atoms with Crippen LogP contribution in [0, 0.1) is 5.92 Å². The SMILES string of the molecule is CC(C)CC(N)Cc1nc(-c2cnn(C)c2)no1. The van der Waals surface area contributed by atoms with E-state index in [0.29, 0.717) is 24.1 Å². The number of aryl methyl sites for hydroxylation is 1. The Hall–Kier alpha value is -1.69. The highest BCUT2D eigenvalue weighted by Gasteiger charge is 2.14. The van der Waals surface area contributed by atoms with Gasteiger partial charge in [-0.25, -0.2) is 0 Å². The molecule has 6 heteroatoms. The predicted octanol–water partition coefficient (Wildman–Crippen LogP) is 1.39. The Morgan fingerprint density at radius 2 is 2.22 bits per heavy atom. The summed E-state index contributed by atoms with van der Waals surface area (Å²) in [5.41, 5.74) is 6.87. The van der Waals surface area contributed by atoms with Crippen LogP contribution in [0.1, 0.15) is 26.2 Å². The molecule has 2 rings (SSSR count). The van der Waals surface area contributed by atoms with Crippen molar-refractivity contribution in [2.45, 2.75) is 32.7 Å². The largest absolute Gasteiger partial charge is 0.339 e. The highest BCUT2D eigenvalue weighted by Crippen LogP contribution is 2.15. The minimum Gasteiger partial charge on any atom is -0.339 e. The number of hydrogen-bond acceptors (Lipinski definition) is 5. The van der Waals surface area contributed by atoms with E-state index in [2.05, 4.69) is 29.1 Å². The van der Waals surface area contributed by atoms with Gasteiger partial charge < -0.3 is 10.3 Å². The molecule has 2 aromatic rings. The van der Waals surface area contributed by atoms with Crippen LogP contribution in [0.15, 0.2) is 16.9 Å². The zero-order valence-corrected chi connectivity index (χ0v) is 11.0. The summed E-state index contributed by atoms with van der Waals surface area (Å²) in [6.45, 7) is 4.30. The van der Waals surface area contributed by atoms with Crippen molar-refractivity contribution < 1.29 is 4.52 Å². The van der Waals surface area contributed by atoms with E-state index >= 15 is 0 Å². The molecule has 0 spiro atoms. The summed E-state index contributed by atoms with van der Waals surface area (Å²) in [6.07, 6.45) is 5.13. The van der Waals surface area contributed by atoms with Crippen LogP contribution in [-0.2, 0) is 13.5 Å². The van der Waals surface area contributed by atoms with Crippen molar-refractivity contribution in [2.75, 3.05) is 0 Å². The summed E-state index contributed by atoms with van der Waals surface area (Å²) in [4.78, 5) is 4.33. The minimum absolute atomic E-state index is 0.0622. The van der Waals surface area contributed by atoms with E-state index in [-0.39, 0.29) is 6.04 Å². The molecule has 0 saturated heterocycles. The predicted molar refractivity (Wildman–Crippen MR) is 67.6 cm³/mol. The van der Waals surface area contributed by atoms with Crippen LogP contribution in [0.3, 0.4) is 0 Å². The molecule has 0 aromatic carbocycles. The third kappa shape index (κ3) is 3.16. The standard InChI is InChI=1S/C12H19N5O/c1-8(2)4-10(13)5-11-15-12(16-18-11)9-6-14-17(3)7-9/h6-8,10H,4-5,13H2,1-3H3. The maximum atomic E-state index is 6.01. The molecule has 2 N–H and O–H groups in total. The summed E-state index contributed by atoms with van der Waals surface area (Å²) in [5, 5.41) is 8.01. The highest BCUT2D eigenvalue weighted by molar-refractivity contribution is 5.50. The van der Waals surface area contributed by atoms with Gasteiger partial charge in [0.1, 0.15) is 0 Å². The average Bonchev–Trinajstić information content (AvgIpc) is 2.85. The molecule has 1 atom stereocenters. The van der Waals surface area contributed by atoms with Crippen molar-refractivity contribution >= 4 is 0 Å². The monoisotopic (exact) mass is 249 g/mol. The third-order valence-electron chi connectivity index (χ3n) is 2.64. The van der Waals surface area contributed by atoms with Crippen LogP contribution in [0.5, 0.6) is 0 Å². The normalized spacial score (nSPS) is 13.2. The molecule has 0 saturated carbocycles.